The summed E-state index contributed by atoms with van der Waals surface area (Å²) in [5.41, 5.74) is 0. The van der Waals surface area contributed by atoms with Gasteiger partial charge in [0.25, 0.3) is 0 Å². The Hall–Kier alpha value is -0.910. The van der Waals surface area contributed by atoms with E-state index in [4.69, 9.17) is 5.11 Å². The van der Waals surface area contributed by atoms with Gasteiger partial charge in [-0.25, -0.2) is 9.59 Å². The van der Waals surface area contributed by atoms with Crippen LogP contribution in [0.2, 0.25) is 0 Å². The van der Waals surface area contributed by atoms with Crippen LogP contribution >= 0.6 is 11.8 Å². The first-order valence-corrected chi connectivity index (χ1v) is 6.70. The number of thioether (sulfide) groups is 1. The van der Waals surface area contributed by atoms with E-state index >= 15 is 0 Å². The molecule has 1 rings (SSSR count). The first kappa shape index (κ1) is 13.2. The third-order valence-electron chi connectivity index (χ3n) is 2.62. The van der Waals surface area contributed by atoms with Gasteiger partial charge in [0, 0.05) is 13.1 Å². The number of carbonyl (C=O) groups excluding carboxylic acids is 1. The average Bonchev–Trinajstić information content (AvgIpc) is 3.05. The molecule has 0 unspecified atom stereocenters. The van der Waals surface area contributed by atoms with Crippen LogP contribution in [0.1, 0.15) is 19.3 Å². The van der Waals surface area contributed by atoms with E-state index in [1.165, 1.54) is 0 Å². The van der Waals surface area contributed by atoms with Gasteiger partial charge in [0.15, 0.2) is 0 Å². The van der Waals surface area contributed by atoms with Crippen molar-refractivity contribution in [2.75, 3.05) is 19.1 Å². The van der Waals surface area contributed by atoms with Gasteiger partial charge in [-0.2, -0.15) is 11.8 Å². The average molecular weight is 246 g/mol. The summed E-state index contributed by atoms with van der Waals surface area (Å²) in [6.07, 6.45) is 4.41. The summed E-state index contributed by atoms with van der Waals surface area (Å²) >= 11 is 1.57. The highest BCUT2D eigenvalue weighted by atomic mass is 32.2. The second kappa shape index (κ2) is 5.98. The molecule has 0 spiro atoms. The lowest BCUT2D eigenvalue weighted by atomic mass is 10.2. The van der Waals surface area contributed by atoms with Crippen LogP contribution < -0.4 is 5.32 Å². The molecule has 0 aromatic heterocycles. The number of nitrogens with one attached hydrogen (secondary N) is 1. The Bertz CT molecular complexity index is 269. The van der Waals surface area contributed by atoms with Crippen LogP contribution in [0, 0.1) is 0 Å². The lowest BCUT2D eigenvalue weighted by molar-refractivity contribution is -0.139. The van der Waals surface area contributed by atoms with E-state index in [9.17, 15) is 9.59 Å². The van der Waals surface area contributed by atoms with Crippen molar-refractivity contribution in [3.63, 3.8) is 0 Å². The molecule has 0 saturated heterocycles. The third-order valence-corrected chi connectivity index (χ3v) is 3.27. The summed E-state index contributed by atoms with van der Waals surface area (Å²) in [4.78, 5) is 24.1. The molecule has 5 nitrogen and oxygen atoms in total. The van der Waals surface area contributed by atoms with E-state index < -0.39 is 12.0 Å². The molecule has 0 radical (unpaired) electrons. The van der Waals surface area contributed by atoms with Crippen molar-refractivity contribution >= 4 is 23.8 Å². The second-order valence-electron chi connectivity index (χ2n) is 3.96. The third kappa shape index (κ3) is 3.92. The van der Waals surface area contributed by atoms with E-state index in [1.54, 1.807) is 23.7 Å². The molecule has 2 N–H and O–H groups in total. The fraction of sp³-hybridized carbons (Fsp3) is 0.800. The number of aliphatic carboxylic acids is 1. The van der Waals surface area contributed by atoms with Gasteiger partial charge >= 0.3 is 12.0 Å². The molecular weight excluding hydrogens is 228 g/mol. The predicted molar refractivity (Wildman–Crippen MR) is 63.7 cm³/mol. The predicted octanol–water partition coefficient (Wildman–Crippen LogP) is 0.996. The molecule has 1 aliphatic rings. The Labute approximate surface area is 99.6 Å². The molecule has 16 heavy (non-hydrogen) atoms. The van der Waals surface area contributed by atoms with Gasteiger partial charge in [-0.1, -0.05) is 0 Å². The number of nitrogens with zero attached hydrogens (tertiary/aromatic N) is 1. The summed E-state index contributed by atoms with van der Waals surface area (Å²) in [6, 6.07) is -0.757. The van der Waals surface area contributed by atoms with Gasteiger partial charge in [-0.05, 0) is 31.3 Å². The van der Waals surface area contributed by atoms with Crippen molar-refractivity contribution < 1.29 is 14.7 Å². The van der Waals surface area contributed by atoms with E-state index in [1.807, 2.05) is 6.26 Å². The summed E-state index contributed by atoms with van der Waals surface area (Å²) in [7, 11) is 1.71. The number of carboxylic acid groups (broad SMARTS) is 1. The molecule has 1 atom stereocenters. The van der Waals surface area contributed by atoms with Crippen LogP contribution in [0.5, 0.6) is 0 Å². The standard InChI is InChI=1S/C10H18N2O3S/c1-12(7-3-4-7)10(15)11-8(9(13)14)5-6-16-2/h7-8H,3-6H2,1-2H3,(H,11,15)(H,13,14)/t8-/m0/s1. The summed E-state index contributed by atoms with van der Waals surface area (Å²) in [6.45, 7) is 0. The molecule has 92 valence electrons. The number of hydrogen-bond acceptors (Lipinski definition) is 3. The second-order valence-corrected chi connectivity index (χ2v) is 4.95. The van der Waals surface area contributed by atoms with Crippen molar-refractivity contribution in [1.29, 1.82) is 0 Å². The van der Waals surface area contributed by atoms with Crippen molar-refractivity contribution in [3.05, 3.63) is 0 Å². The highest BCUT2D eigenvalue weighted by molar-refractivity contribution is 7.98. The molecule has 0 aromatic rings. The molecule has 2 amide bonds. The van der Waals surface area contributed by atoms with E-state index in [-0.39, 0.29) is 6.03 Å². The highest BCUT2D eigenvalue weighted by Gasteiger charge is 2.31. The molecule has 0 heterocycles. The zero-order valence-corrected chi connectivity index (χ0v) is 10.4. The zero-order valence-electron chi connectivity index (χ0n) is 9.60. The molecule has 6 heteroatoms. The molecule has 1 aliphatic carbocycles. The van der Waals surface area contributed by atoms with E-state index in [0.29, 0.717) is 12.5 Å². The minimum absolute atomic E-state index is 0.281. The van der Waals surface area contributed by atoms with Gasteiger partial charge in [0.1, 0.15) is 6.04 Å². The SMILES string of the molecule is CSCC[C@H](NC(=O)N(C)C1CC1)C(=O)O. The minimum Gasteiger partial charge on any atom is -0.480 e. The van der Waals surface area contributed by atoms with Crippen LogP contribution in [-0.4, -0.2) is 53.1 Å². The number of hydrogen-bond donors (Lipinski definition) is 2. The summed E-state index contributed by atoms with van der Waals surface area (Å²) in [5, 5.41) is 11.5. The van der Waals surface area contributed by atoms with Crippen molar-refractivity contribution in [2.45, 2.75) is 31.3 Å². The summed E-state index contributed by atoms with van der Waals surface area (Å²) < 4.78 is 0. The number of amides is 2. The molecule has 1 saturated carbocycles. The van der Waals surface area contributed by atoms with Gasteiger partial charge < -0.3 is 15.3 Å². The Balaban J connectivity index is 2.40. The molecule has 0 aromatic carbocycles. The molecular formula is C10H18N2O3S. The largest absolute Gasteiger partial charge is 0.480 e. The molecule has 0 bridgehead atoms. The number of urea groups is 1. The van der Waals surface area contributed by atoms with Gasteiger partial charge in [-0.15, -0.1) is 0 Å². The maximum absolute atomic E-state index is 11.6. The number of carbonyl (C=O) groups is 2. The molecule has 0 aliphatic heterocycles. The maximum atomic E-state index is 11.6. The lowest BCUT2D eigenvalue weighted by Crippen LogP contribution is -2.47. The Kier molecular flexibility index (Phi) is 4.92. The van der Waals surface area contributed by atoms with Gasteiger partial charge in [0.2, 0.25) is 0 Å². The number of rotatable bonds is 6. The first-order valence-electron chi connectivity index (χ1n) is 5.31. The Morgan fingerprint density at radius 3 is 2.62 bits per heavy atom. The van der Waals surface area contributed by atoms with Crippen molar-refractivity contribution in [1.82, 2.24) is 10.2 Å². The number of carboxylic acids is 1. The fourth-order valence-electron chi connectivity index (χ4n) is 1.37. The van der Waals surface area contributed by atoms with Crippen LogP contribution in [0.25, 0.3) is 0 Å². The minimum atomic E-state index is -0.966. The first-order chi connectivity index (χ1) is 7.56. The van der Waals surface area contributed by atoms with E-state index in [2.05, 4.69) is 5.32 Å². The topological polar surface area (TPSA) is 69.6 Å². The summed E-state index contributed by atoms with van der Waals surface area (Å²) in [5.74, 6) is -0.240. The Morgan fingerprint density at radius 1 is 1.56 bits per heavy atom. The monoisotopic (exact) mass is 246 g/mol. The Morgan fingerprint density at radius 2 is 2.19 bits per heavy atom. The molecule has 1 fully saturated rings. The normalized spacial score (nSPS) is 16.6. The van der Waals surface area contributed by atoms with Crippen LogP contribution in [0.15, 0.2) is 0 Å². The smallest absolute Gasteiger partial charge is 0.326 e. The van der Waals surface area contributed by atoms with Crippen LogP contribution in [0.4, 0.5) is 4.79 Å². The van der Waals surface area contributed by atoms with E-state index in [0.717, 1.165) is 18.6 Å². The van der Waals surface area contributed by atoms with Gasteiger partial charge in [0.05, 0.1) is 0 Å². The van der Waals surface area contributed by atoms with Gasteiger partial charge in [-0.3, -0.25) is 0 Å². The fourth-order valence-corrected chi connectivity index (χ4v) is 1.84. The zero-order chi connectivity index (χ0) is 12.1. The van der Waals surface area contributed by atoms with Crippen molar-refractivity contribution in [2.24, 2.45) is 0 Å². The van der Waals surface area contributed by atoms with Crippen molar-refractivity contribution in [3.8, 4) is 0 Å². The quantitative estimate of drug-likeness (QED) is 0.733. The maximum Gasteiger partial charge on any atom is 0.326 e. The van der Waals surface area contributed by atoms with Crippen LogP contribution in [-0.2, 0) is 4.79 Å². The lowest BCUT2D eigenvalue weighted by Gasteiger charge is -2.20. The van der Waals surface area contributed by atoms with Crippen LogP contribution in [0.3, 0.4) is 0 Å². The highest BCUT2D eigenvalue weighted by Crippen LogP contribution is 2.25.